The molecule has 0 saturated carbocycles. The average Bonchev–Trinajstić information content (AvgIpc) is 2.06. The predicted molar refractivity (Wildman–Crippen MR) is 362 cm³/mol. The molecule has 4 nitrogen and oxygen atoms in total. The topological polar surface area (TPSA) is 16.3 Å². The van der Waals surface area contributed by atoms with Gasteiger partial charge in [-0.15, -0.1) is 0 Å². The second kappa shape index (κ2) is 22.7. The molecule has 406 valence electrons. The third kappa shape index (κ3) is 10.0. The maximum Gasteiger partial charge on any atom is 0.0542 e. The van der Waals surface area contributed by atoms with Gasteiger partial charge in [-0.3, -0.25) is 0 Å². The zero-order chi connectivity index (χ0) is 57.2. The Kier molecular flexibility index (Phi) is 13.6. The van der Waals surface area contributed by atoms with Crippen LogP contribution in [0.15, 0.2) is 352 Å². The van der Waals surface area contributed by atoms with E-state index in [4.69, 9.17) is 0 Å². The first-order valence-electron chi connectivity index (χ1n) is 29.4. The molecule has 0 N–H and O–H groups in total. The van der Waals surface area contributed by atoms with Crippen molar-refractivity contribution in [3.8, 4) is 78.4 Å². The fourth-order valence-corrected chi connectivity index (χ4v) is 12.2. The number of benzene rings is 13. The molecule has 15 rings (SSSR count). The van der Waals surface area contributed by atoms with E-state index in [0.29, 0.717) is 0 Å². The van der Waals surface area contributed by atoms with Gasteiger partial charge in [0.15, 0.2) is 0 Å². The molecule has 0 radical (unpaired) electrons. The molecule has 2 aromatic heterocycles. The van der Waals surface area contributed by atoms with Crippen LogP contribution in [0.1, 0.15) is 0 Å². The molecular weight excluding hydrogens is 1040 g/mol. The summed E-state index contributed by atoms with van der Waals surface area (Å²) >= 11 is 0. The number of nitrogens with zero attached hydrogens (tertiary/aromatic N) is 4. The van der Waals surface area contributed by atoms with Crippen LogP contribution in [-0.4, -0.2) is 9.13 Å². The van der Waals surface area contributed by atoms with E-state index >= 15 is 0 Å². The van der Waals surface area contributed by atoms with Gasteiger partial charge in [0, 0.05) is 56.3 Å². The van der Waals surface area contributed by atoms with Gasteiger partial charge >= 0.3 is 0 Å². The first kappa shape index (κ1) is 51.4. The summed E-state index contributed by atoms with van der Waals surface area (Å²) in [5.74, 6) is 0. The molecule has 0 fully saturated rings. The first-order valence-corrected chi connectivity index (χ1v) is 29.4. The highest BCUT2D eigenvalue weighted by Gasteiger charge is 2.21. The molecule has 13 aromatic carbocycles. The molecule has 0 saturated heterocycles. The maximum atomic E-state index is 2.42. The van der Waals surface area contributed by atoms with Crippen molar-refractivity contribution >= 4 is 55.9 Å². The van der Waals surface area contributed by atoms with Gasteiger partial charge in [-0.05, 0) is 177 Å². The van der Waals surface area contributed by atoms with E-state index in [1.165, 1.54) is 44.5 Å². The number of aromatic nitrogens is 2. The molecule has 0 bridgehead atoms. The van der Waals surface area contributed by atoms with Gasteiger partial charge in [-0.1, -0.05) is 231 Å². The summed E-state index contributed by atoms with van der Waals surface area (Å²) in [5, 5.41) is 2.31. The minimum absolute atomic E-state index is 1.07. The van der Waals surface area contributed by atoms with Crippen molar-refractivity contribution in [1.82, 2.24) is 9.13 Å². The zero-order valence-electron chi connectivity index (χ0n) is 47.3. The van der Waals surface area contributed by atoms with Crippen molar-refractivity contribution in [1.29, 1.82) is 0 Å². The number of rotatable bonds is 14. The van der Waals surface area contributed by atoms with Crippen molar-refractivity contribution in [2.24, 2.45) is 0 Å². The molecule has 4 heteroatoms. The largest absolute Gasteiger partial charge is 0.311 e. The maximum absolute atomic E-state index is 2.42. The van der Waals surface area contributed by atoms with Gasteiger partial charge in [-0.25, -0.2) is 0 Å². The van der Waals surface area contributed by atoms with Crippen molar-refractivity contribution in [3.63, 3.8) is 0 Å². The third-order valence-electron chi connectivity index (χ3n) is 16.5. The Labute approximate surface area is 502 Å². The van der Waals surface area contributed by atoms with Crippen LogP contribution in [0.25, 0.3) is 100 Å². The first-order chi connectivity index (χ1) is 42.6. The Hall–Kier alpha value is -11.5. The molecule has 0 spiro atoms. The summed E-state index contributed by atoms with van der Waals surface area (Å²) < 4.78 is 4.85. The van der Waals surface area contributed by atoms with Crippen LogP contribution in [-0.2, 0) is 0 Å². The van der Waals surface area contributed by atoms with Crippen LogP contribution in [0.5, 0.6) is 0 Å². The second-order valence-corrected chi connectivity index (χ2v) is 21.8. The van der Waals surface area contributed by atoms with E-state index in [0.717, 1.165) is 89.8 Å². The highest BCUT2D eigenvalue weighted by atomic mass is 15.1. The van der Waals surface area contributed by atoms with Gasteiger partial charge in [0.25, 0.3) is 0 Å². The van der Waals surface area contributed by atoms with Crippen LogP contribution < -0.4 is 9.80 Å². The molecule has 0 aliphatic heterocycles. The van der Waals surface area contributed by atoms with E-state index in [1.54, 1.807) is 0 Å². The lowest BCUT2D eigenvalue weighted by Crippen LogP contribution is -2.10. The zero-order valence-corrected chi connectivity index (χ0v) is 47.3. The SMILES string of the molecule is c1ccc(-c2ccc(N(c3ccc(-c4ccccc4)cc3)c3ccc(-c4cc5cc6c(cc(-c7ccc(N(c8ccc(-c9ccccc9)cc8)c8ccc(-c9ccccc9)cc8)cc7)n6-c6ccccc6)cc5n4-c4ccccc4)cc3)cc2)cc1. The summed E-state index contributed by atoms with van der Waals surface area (Å²) in [6.45, 7) is 0. The number of para-hydroxylation sites is 2. The van der Waals surface area contributed by atoms with E-state index in [-0.39, 0.29) is 0 Å². The minimum atomic E-state index is 1.07. The molecular formula is C82H58N4. The molecule has 0 atom stereocenters. The van der Waals surface area contributed by atoms with Gasteiger partial charge in [0.2, 0.25) is 0 Å². The summed E-state index contributed by atoms with van der Waals surface area (Å²) in [6.07, 6.45) is 0. The monoisotopic (exact) mass is 1100 g/mol. The summed E-state index contributed by atoms with van der Waals surface area (Å²) in [6, 6.07) is 127. The molecule has 86 heavy (non-hydrogen) atoms. The van der Waals surface area contributed by atoms with Gasteiger partial charge in [0.1, 0.15) is 0 Å². The smallest absolute Gasteiger partial charge is 0.0542 e. The van der Waals surface area contributed by atoms with Gasteiger partial charge in [0.05, 0.1) is 22.4 Å². The Morgan fingerprint density at radius 3 is 0.605 bits per heavy atom. The molecule has 2 heterocycles. The third-order valence-corrected chi connectivity index (χ3v) is 16.5. The molecule has 0 amide bonds. The van der Waals surface area contributed by atoms with E-state index in [1.807, 2.05) is 0 Å². The number of hydrogen-bond acceptors (Lipinski definition) is 2. The number of anilines is 6. The fraction of sp³-hybridized carbons (Fsp3) is 0. The second-order valence-electron chi connectivity index (χ2n) is 21.8. The standard InChI is InChI=1S/C82H58N4/c1-7-19-59(20-8-1)63-31-43-73(44-32-63)83(74-45-33-64(34-46-74)60-21-9-2-10-22-60)77-51-39-67(40-52-77)79-55-69-57-82-70(58-81(69)85(79)71-27-15-5-16-28-71)56-80(86(82)72-29-17-6-18-30-72)68-41-53-78(54-42-68)84(75-47-35-65(36-48-75)61-23-11-3-12-24-61)76-49-37-66(38-50-76)62-25-13-4-14-26-62/h1-58H. The van der Waals surface area contributed by atoms with Gasteiger partial charge in [-0.2, -0.15) is 0 Å². The summed E-state index contributed by atoms with van der Waals surface area (Å²) in [7, 11) is 0. The Bertz CT molecular complexity index is 4280. The molecule has 0 aliphatic carbocycles. The molecule has 0 aliphatic rings. The molecule has 0 unspecified atom stereocenters. The fourth-order valence-electron chi connectivity index (χ4n) is 12.2. The van der Waals surface area contributed by atoms with Crippen molar-refractivity contribution < 1.29 is 0 Å². The highest BCUT2D eigenvalue weighted by Crippen LogP contribution is 2.43. The van der Waals surface area contributed by atoms with Crippen molar-refractivity contribution in [2.45, 2.75) is 0 Å². The Morgan fingerprint density at radius 2 is 0.372 bits per heavy atom. The van der Waals surface area contributed by atoms with Crippen molar-refractivity contribution in [3.05, 3.63) is 352 Å². The number of fused-ring (bicyclic) bond motifs is 2. The highest BCUT2D eigenvalue weighted by molar-refractivity contribution is 6.02. The van der Waals surface area contributed by atoms with Crippen LogP contribution in [0, 0.1) is 0 Å². The van der Waals surface area contributed by atoms with Gasteiger partial charge < -0.3 is 18.9 Å². The summed E-state index contributed by atoms with van der Waals surface area (Å²) in [5.41, 5.74) is 25.0. The van der Waals surface area contributed by atoms with Crippen LogP contribution in [0.4, 0.5) is 34.1 Å². The lowest BCUT2D eigenvalue weighted by atomic mass is 10.0. The lowest BCUT2D eigenvalue weighted by Gasteiger charge is -2.26. The quantitative estimate of drug-likeness (QED) is 0.108. The Balaban J connectivity index is 0.811. The van der Waals surface area contributed by atoms with Crippen LogP contribution >= 0.6 is 0 Å². The van der Waals surface area contributed by atoms with E-state index in [2.05, 4.69) is 371 Å². The lowest BCUT2D eigenvalue weighted by molar-refractivity contribution is 1.13. The summed E-state index contributed by atoms with van der Waals surface area (Å²) in [4.78, 5) is 4.71. The number of hydrogen-bond donors (Lipinski definition) is 0. The minimum Gasteiger partial charge on any atom is -0.311 e. The van der Waals surface area contributed by atoms with E-state index in [9.17, 15) is 0 Å². The predicted octanol–water partition coefficient (Wildman–Crippen LogP) is 22.5. The Morgan fingerprint density at radius 1 is 0.174 bits per heavy atom. The van der Waals surface area contributed by atoms with E-state index < -0.39 is 0 Å². The van der Waals surface area contributed by atoms with Crippen molar-refractivity contribution in [2.75, 3.05) is 9.80 Å². The van der Waals surface area contributed by atoms with Crippen LogP contribution in [0.3, 0.4) is 0 Å². The average molecular weight is 1100 g/mol. The molecule has 15 aromatic rings. The normalized spacial score (nSPS) is 11.3. The van der Waals surface area contributed by atoms with Crippen LogP contribution in [0.2, 0.25) is 0 Å².